The molecule has 2 aromatic carbocycles. The fourth-order valence-corrected chi connectivity index (χ4v) is 5.40. The second-order valence-corrected chi connectivity index (χ2v) is 10.0. The molecule has 0 saturated carbocycles. The van der Waals surface area contributed by atoms with Crippen molar-refractivity contribution in [3.05, 3.63) is 99.8 Å². The summed E-state index contributed by atoms with van der Waals surface area (Å²) >= 11 is 12.5. The smallest absolute Gasteiger partial charge is 0.304 e. The van der Waals surface area contributed by atoms with Crippen molar-refractivity contribution in [3.8, 4) is 0 Å². The van der Waals surface area contributed by atoms with Crippen molar-refractivity contribution in [2.24, 2.45) is 5.41 Å². The third-order valence-electron chi connectivity index (χ3n) is 6.66. The molecule has 1 amide bonds. The fraction of sp³-hybridized carbons (Fsp3) is 0.296. The van der Waals surface area contributed by atoms with Crippen LogP contribution in [-0.4, -0.2) is 26.9 Å². The first-order valence-corrected chi connectivity index (χ1v) is 11.9. The number of rotatable bonds is 6. The zero-order chi connectivity index (χ0) is 24.5. The van der Waals surface area contributed by atoms with Crippen LogP contribution in [0.1, 0.15) is 61.5 Å². The Kier molecular flexibility index (Phi) is 6.96. The fourth-order valence-electron chi connectivity index (χ4n) is 5.07. The van der Waals surface area contributed by atoms with E-state index in [1.54, 1.807) is 19.2 Å². The maximum Gasteiger partial charge on any atom is 0.304 e. The van der Waals surface area contributed by atoms with Crippen molar-refractivity contribution in [1.29, 1.82) is 0 Å². The Morgan fingerprint density at radius 3 is 2.44 bits per heavy atom. The van der Waals surface area contributed by atoms with Gasteiger partial charge in [-0.15, -0.1) is 0 Å². The summed E-state index contributed by atoms with van der Waals surface area (Å²) in [6.07, 6.45) is 1.81. The summed E-state index contributed by atoms with van der Waals surface area (Å²) in [4.78, 5) is 32.2. The number of hydrogen-bond donors (Lipinski definition) is 1. The van der Waals surface area contributed by atoms with Crippen LogP contribution >= 0.6 is 23.2 Å². The zero-order valence-corrected chi connectivity index (χ0v) is 20.5. The molecule has 4 rings (SSSR count). The van der Waals surface area contributed by atoms with Crippen LogP contribution in [0.15, 0.2) is 72.9 Å². The summed E-state index contributed by atoms with van der Waals surface area (Å²) in [6, 6.07) is 19.9. The Balaban J connectivity index is 1.92. The first-order chi connectivity index (χ1) is 16.2. The van der Waals surface area contributed by atoms with E-state index in [9.17, 15) is 14.7 Å². The molecule has 7 heteroatoms. The van der Waals surface area contributed by atoms with E-state index in [1.165, 1.54) is 0 Å². The Hall–Kier alpha value is -2.89. The predicted molar refractivity (Wildman–Crippen MR) is 133 cm³/mol. The number of hydrogen-bond acceptors (Lipinski definition) is 3. The summed E-state index contributed by atoms with van der Waals surface area (Å²) in [5.74, 6) is -1.39. The molecule has 0 radical (unpaired) electrons. The van der Waals surface area contributed by atoms with Crippen LogP contribution < -0.4 is 0 Å². The molecule has 34 heavy (non-hydrogen) atoms. The monoisotopic (exact) mass is 496 g/mol. The number of piperidine rings is 1. The molecular weight excluding hydrogens is 471 g/mol. The van der Waals surface area contributed by atoms with Gasteiger partial charge in [0.05, 0.1) is 29.6 Å². The number of halogens is 2. The van der Waals surface area contributed by atoms with E-state index in [0.29, 0.717) is 16.5 Å². The SMILES string of the molecule is CC(c1ccccn1)N1C(=O)C(C)(CC(=O)O)CC(c2cccc(Cl)c2)C1c1ccc(Cl)cc1. The van der Waals surface area contributed by atoms with E-state index in [1.807, 2.05) is 72.5 Å². The third-order valence-corrected chi connectivity index (χ3v) is 7.15. The number of aromatic nitrogens is 1. The van der Waals surface area contributed by atoms with Gasteiger partial charge in [-0.05, 0) is 60.9 Å². The molecule has 1 aromatic heterocycles. The number of benzene rings is 2. The van der Waals surface area contributed by atoms with Crippen LogP contribution in [0, 0.1) is 5.41 Å². The number of carbonyl (C=O) groups is 2. The molecule has 5 nitrogen and oxygen atoms in total. The average Bonchev–Trinajstić information content (AvgIpc) is 2.81. The van der Waals surface area contributed by atoms with Gasteiger partial charge < -0.3 is 10.0 Å². The Bertz CT molecular complexity index is 1190. The van der Waals surface area contributed by atoms with Crippen LogP contribution in [0.25, 0.3) is 0 Å². The standard InChI is InChI=1S/C27H26Cl2N2O3/c1-17(23-8-3-4-13-30-23)31-25(18-9-11-20(28)12-10-18)22(19-6-5-7-21(29)14-19)15-27(2,26(31)34)16-24(32)33/h3-14,17,22,25H,15-16H2,1-2H3,(H,32,33). The van der Waals surface area contributed by atoms with Crippen molar-refractivity contribution in [2.75, 3.05) is 0 Å². The Morgan fingerprint density at radius 2 is 1.82 bits per heavy atom. The second-order valence-electron chi connectivity index (χ2n) is 9.14. The maximum absolute atomic E-state index is 14.1. The number of aliphatic carboxylic acids is 1. The molecular formula is C27H26Cl2N2O3. The van der Waals surface area contributed by atoms with Gasteiger partial charge in [0.25, 0.3) is 0 Å². The number of carbonyl (C=O) groups excluding carboxylic acids is 1. The minimum atomic E-state index is -1.09. The lowest BCUT2D eigenvalue weighted by molar-refractivity contribution is -0.160. The van der Waals surface area contributed by atoms with Gasteiger partial charge in [0.2, 0.25) is 5.91 Å². The second kappa shape index (κ2) is 9.77. The average molecular weight is 497 g/mol. The van der Waals surface area contributed by atoms with Gasteiger partial charge in [0.15, 0.2) is 0 Å². The van der Waals surface area contributed by atoms with Crippen molar-refractivity contribution in [2.45, 2.75) is 44.7 Å². The summed E-state index contributed by atoms with van der Waals surface area (Å²) in [5, 5.41) is 10.9. The molecule has 176 valence electrons. The highest BCUT2D eigenvalue weighted by Gasteiger charge is 2.52. The minimum Gasteiger partial charge on any atom is -0.481 e. The van der Waals surface area contributed by atoms with E-state index in [-0.39, 0.29) is 30.3 Å². The van der Waals surface area contributed by atoms with E-state index < -0.39 is 11.4 Å². The van der Waals surface area contributed by atoms with Gasteiger partial charge in [0, 0.05) is 22.2 Å². The quantitative estimate of drug-likeness (QED) is 0.412. The van der Waals surface area contributed by atoms with Gasteiger partial charge in [-0.2, -0.15) is 0 Å². The van der Waals surface area contributed by atoms with Crippen LogP contribution in [-0.2, 0) is 9.59 Å². The molecule has 1 saturated heterocycles. The number of likely N-dealkylation sites (tertiary alicyclic amines) is 1. The molecule has 1 N–H and O–H groups in total. The topological polar surface area (TPSA) is 70.5 Å². The van der Waals surface area contributed by atoms with Gasteiger partial charge in [-0.3, -0.25) is 14.6 Å². The number of carboxylic acids is 1. The Labute approximate surface area is 209 Å². The van der Waals surface area contributed by atoms with Crippen molar-refractivity contribution in [3.63, 3.8) is 0 Å². The van der Waals surface area contributed by atoms with Crippen molar-refractivity contribution >= 4 is 35.1 Å². The van der Waals surface area contributed by atoms with Crippen molar-refractivity contribution in [1.82, 2.24) is 9.88 Å². The molecule has 1 aliphatic heterocycles. The largest absolute Gasteiger partial charge is 0.481 e. The number of pyridine rings is 1. The lowest BCUT2D eigenvalue weighted by Crippen LogP contribution is -2.53. The molecule has 0 aliphatic carbocycles. The molecule has 4 atom stereocenters. The maximum atomic E-state index is 14.1. The summed E-state index contributed by atoms with van der Waals surface area (Å²) in [6.45, 7) is 3.68. The lowest BCUT2D eigenvalue weighted by atomic mass is 9.67. The number of amides is 1. The van der Waals surface area contributed by atoms with Crippen molar-refractivity contribution < 1.29 is 14.7 Å². The summed E-state index contributed by atoms with van der Waals surface area (Å²) in [7, 11) is 0. The van der Waals surface area contributed by atoms with Crippen LogP contribution in [0.4, 0.5) is 0 Å². The minimum absolute atomic E-state index is 0.187. The summed E-state index contributed by atoms with van der Waals surface area (Å²) < 4.78 is 0. The predicted octanol–water partition coefficient (Wildman–Crippen LogP) is 6.69. The first kappa shape index (κ1) is 24.2. The molecule has 2 heterocycles. The highest BCUT2D eigenvalue weighted by atomic mass is 35.5. The molecule has 4 unspecified atom stereocenters. The number of nitrogens with zero attached hydrogens (tertiary/aromatic N) is 2. The van der Waals surface area contributed by atoms with E-state index in [0.717, 1.165) is 16.8 Å². The van der Waals surface area contributed by atoms with Gasteiger partial charge in [-0.1, -0.05) is 60.5 Å². The third kappa shape index (κ3) is 4.82. The van der Waals surface area contributed by atoms with E-state index in [4.69, 9.17) is 23.2 Å². The molecule has 0 bridgehead atoms. The van der Waals surface area contributed by atoms with E-state index >= 15 is 0 Å². The van der Waals surface area contributed by atoms with Gasteiger partial charge in [0.1, 0.15) is 0 Å². The zero-order valence-electron chi connectivity index (χ0n) is 19.0. The molecule has 3 aromatic rings. The summed E-state index contributed by atoms with van der Waals surface area (Å²) in [5.41, 5.74) is 1.52. The van der Waals surface area contributed by atoms with Crippen LogP contribution in [0.5, 0.6) is 0 Å². The normalized spacial score (nSPS) is 23.5. The van der Waals surface area contributed by atoms with Gasteiger partial charge in [-0.25, -0.2) is 0 Å². The first-order valence-electron chi connectivity index (χ1n) is 11.2. The molecule has 0 spiro atoms. The molecule has 1 aliphatic rings. The highest BCUT2D eigenvalue weighted by molar-refractivity contribution is 6.30. The van der Waals surface area contributed by atoms with E-state index in [2.05, 4.69) is 4.98 Å². The van der Waals surface area contributed by atoms with Crippen LogP contribution in [0.3, 0.4) is 0 Å². The lowest BCUT2D eigenvalue weighted by Gasteiger charge is -2.51. The van der Waals surface area contributed by atoms with Crippen LogP contribution in [0.2, 0.25) is 10.0 Å². The number of carboxylic acid groups (broad SMARTS) is 1. The highest BCUT2D eigenvalue weighted by Crippen LogP contribution is 2.53. The Morgan fingerprint density at radius 1 is 1.09 bits per heavy atom. The van der Waals surface area contributed by atoms with Gasteiger partial charge >= 0.3 is 5.97 Å². The molecule has 1 fully saturated rings.